The number of para-hydroxylation sites is 3. The van der Waals surface area contributed by atoms with Gasteiger partial charge in [-0.3, -0.25) is 4.57 Å². The van der Waals surface area contributed by atoms with Gasteiger partial charge in [0.25, 0.3) is 0 Å². The lowest BCUT2D eigenvalue weighted by atomic mass is 10.1. The molecule has 0 saturated carbocycles. The molecule has 0 aliphatic rings. The van der Waals surface area contributed by atoms with Crippen LogP contribution in [0.1, 0.15) is 0 Å². The summed E-state index contributed by atoms with van der Waals surface area (Å²) < 4.78 is 8.76. The monoisotopic (exact) mass is 554 g/mol. The molecular weight excluding hydrogens is 528 g/mol. The molecule has 6 heteroatoms. The lowest BCUT2D eigenvalue weighted by Gasteiger charge is -2.12. The smallest absolute Gasteiger partial charge is 0.141 e. The molecule has 0 N–H and O–H groups in total. The fourth-order valence-electron chi connectivity index (χ4n) is 6.63. The predicted molar refractivity (Wildman–Crippen MR) is 174 cm³/mol. The van der Waals surface area contributed by atoms with Crippen LogP contribution >= 0.6 is 0 Å². The summed E-state index contributed by atoms with van der Waals surface area (Å²) in [6.07, 6.45) is 5.76. The maximum atomic E-state index is 4.99. The number of hydrogen-bond donors (Lipinski definition) is 0. The van der Waals surface area contributed by atoms with Gasteiger partial charge in [0.15, 0.2) is 0 Å². The number of benzene rings is 5. The van der Waals surface area contributed by atoms with Crippen LogP contribution in [0.2, 0.25) is 0 Å². The molecule has 0 saturated heterocycles. The molecule has 0 aliphatic carbocycles. The van der Waals surface area contributed by atoms with Crippen molar-refractivity contribution in [1.82, 2.24) is 28.5 Å². The Hall–Kier alpha value is -5.88. The standard InChI is InChI=1S/C37H26N6/c1-40-36(43-33-16-6-3-12-28(33)29-13-4-7-17-34(29)43)24-38-37(40)25-18-19-31-30-14-2-5-15-32(30)42(35(31)22-25)27-11-8-10-26(23-27)41-21-9-20-39-41/h2-24H,1H3. The van der Waals surface area contributed by atoms with E-state index in [1.165, 1.54) is 32.6 Å². The van der Waals surface area contributed by atoms with Crippen molar-refractivity contribution in [2.75, 3.05) is 0 Å². The van der Waals surface area contributed by atoms with E-state index in [-0.39, 0.29) is 0 Å². The second kappa shape index (κ2) is 9.06. The lowest BCUT2D eigenvalue weighted by molar-refractivity contribution is 0.872. The first kappa shape index (κ1) is 23.8. The molecule has 43 heavy (non-hydrogen) atoms. The maximum absolute atomic E-state index is 4.99. The molecule has 9 aromatic rings. The van der Waals surface area contributed by atoms with Gasteiger partial charge in [-0.2, -0.15) is 5.10 Å². The first-order valence-electron chi connectivity index (χ1n) is 14.4. The Morgan fingerprint density at radius 1 is 0.535 bits per heavy atom. The summed E-state index contributed by atoms with van der Waals surface area (Å²) in [5.74, 6) is 1.95. The Balaban J connectivity index is 1.25. The van der Waals surface area contributed by atoms with Crippen molar-refractivity contribution in [3.63, 3.8) is 0 Å². The summed E-state index contributed by atoms with van der Waals surface area (Å²) >= 11 is 0. The van der Waals surface area contributed by atoms with Crippen LogP contribution in [0, 0.1) is 0 Å². The van der Waals surface area contributed by atoms with Crippen molar-refractivity contribution in [2.45, 2.75) is 0 Å². The molecule has 0 amide bonds. The van der Waals surface area contributed by atoms with Crippen molar-refractivity contribution < 1.29 is 0 Å². The van der Waals surface area contributed by atoms with Crippen LogP contribution in [0.5, 0.6) is 0 Å². The van der Waals surface area contributed by atoms with E-state index in [2.05, 4.69) is 141 Å². The zero-order valence-corrected chi connectivity index (χ0v) is 23.5. The molecule has 6 nitrogen and oxygen atoms in total. The Morgan fingerprint density at radius 3 is 1.84 bits per heavy atom. The number of aromatic nitrogens is 6. The number of rotatable bonds is 4. The Kier molecular flexibility index (Phi) is 5.01. The average molecular weight is 555 g/mol. The topological polar surface area (TPSA) is 45.5 Å². The van der Waals surface area contributed by atoms with Crippen LogP contribution in [0.3, 0.4) is 0 Å². The van der Waals surface area contributed by atoms with Gasteiger partial charge in [0.2, 0.25) is 0 Å². The van der Waals surface area contributed by atoms with Gasteiger partial charge < -0.3 is 9.13 Å². The third-order valence-corrected chi connectivity index (χ3v) is 8.56. The highest BCUT2D eigenvalue weighted by atomic mass is 15.3. The Morgan fingerprint density at radius 2 is 1.16 bits per heavy atom. The summed E-state index contributed by atoms with van der Waals surface area (Å²) in [5.41, 5.74) is 7.81. The summed E-state index contributed by atoms with van der Waals surface area (Å²) in [7, 11) is 2.11. The fraction of sp³-hybridized carbons (Fsp3) is 0.0270. The Bertz CT molecular complexity index is 2420. The average Bonchev–Trinajstić information content (AvgIpc) is 3.85. The second-order valence-electron chi connectivity index (χ2n) is 10.9. The van der Waals surface area contributed by atoms with Crippen LogP contribution in [0.15, 0.2) is 140 Å². The van der Waals surface area contributed by atoms with Crippen molar-refractivity contribution in [1.29, 1.82) is 0 Å². The molecular formula is C37H26N6. The first-order chi connectivity index (χ1) is 21.3. The van der Waals surface area contributed by atoms with Gasteiger partial charge in [0, 0.05) is 52.2 Å². The number of imidazole rings is 1. The van der Waals surface area contributed by atoms with E-state index >= 15 is 0 Å². The van der Waals surface area contributed by atoms with Gasteiger partial charge in [0.1, 0.15) is 11.6 Å². The fourth-order valence-corrected chi connectivity index (χ4v) is 6.63. The van der Waals surface area contributed by atoms with Crippen molar-refractivity contribution in [3.8, 4) is 28.6 Å². The third kappa shape index (κ3) is 3.47. The predicted octanol–water partition coefficient (Wildman–Crippen LogP) is 8.47. The van der Waals surface area contributed by atoms with E-state index in [4.69, 9.17) is 4.98 Å². The minimum atomic E-state index is 0.917. The molecule has 0 spiro atoms. The normalized spacial score (nSPS) is 11.8. The van der Waals surface area contributed by atoms with Gasteiger partial charge >= 0.3 is 0 Å². The number of hydrogen-bond acceptors (Lipinski definition) is 2. The van der Waals surface area contributed by atoms with E-state index in [1.54, 1.807) is 6.20 Å². The highest BCUT2D eigenvalue weighted by Gasteiger charge is 2.19. The van der Waals surface area contributed by atoms with Gasteiger partial charge in [-0.15, -0.1) is 0 Å². The van der Waals surface area contributed by atoms with E-state index in [0.717, 1.165) is 39.6 Å². The lowest BCUT2D eigenvalue weighted by Crippen LogP contribution is -2.03. The summed E-state index contributed by atoms with van der Waals surface area (Å²) in [6, 6.07) is 42.9. The zero-order valence-electron chi connectivity index (χ0n) is 23.5. The SMILES string of the molecule is Cn1c(-n2c3ccccc3c3ccccc32)cnc1-c1ccc2c3ccccc3n(-c3cccc(-n4cccn4)c3)c2c1. The molecule has 0 radical (unpaired) electrons. The van der Waals surface area contributed by atoms with Crippen LogP contribution in [-0.4, -0.2) is 28.5 Å². The zero-order chi connectivity index (χ0) is 28.5. The van der Waals surface area contributed by atoms with E-state index < -0.39 is 0 Å². The molecule has 4 heterocycles. The minimum absolute atomic E-state index is 0.917. The van der Waals surface area contributed by atoms with Gasteiger partial charge in [-0.25, -0.2) is 9.67 Å². The Labute approximate surface area is 247 Å². The van der Waals surface area contributed by atoms with Crippen LogP contribution in [-0.2, 0) is 7.05 Å². The number of nitrogens with zero attached hydrogens (tertiary/aromatic N) is 6. The van der Waals surface area contributed by atoms with Crippen LogP contribution in [0.25, 0.3) is 72.2 Å². The van der Waals surface area contributed by atoms with Gasteiger partial charge in [-0.05, 0) is 48.5 Å². The molecule has 9 rings (SSSR count). The maximum Gasteiger partial charge on any atom is 0.141 e. The molecule has 0 bridgehead atoms. The second-order valence-corrected chi connectivity index (χ2v) is 10.9. The quantitative estimate of drug-likeness (QED) is 0.219. The van der Waals surface area contributed by atoms with Crippen molar-refractivity contribution in [3.05, 3.63) is 140 Å². The number of fused-ring (bicyclic) bond motifs is 6. The summed E-state index contributed by atoms with van der Waals surface area (Å²) in [5, 5.41) is 9.36. The highest BCUT2D eigenvalue weighted by molar-refractivity contribution is 6.10. The molecule has 0 fully saturated rings. The highest BCUT2D eigenvalue weighted by Crippen LogP contribution is 2.36. The van der Waals surface area contributed by atoms with E-state index in [0.29, 0.717) is 0 Å². The molecule has 0 aliphatic heterocycles. The van der Waals surface area contributed by atoms with E-state index in [1.807, 2.05) is 23.1 Å². The molecule has 204 valence electrons. The summed E-state index contributed by atoms with van der Waals surface area (Å²) in [4.78, 5) is 4.99. The van der Waals surface area contributed by atoms with Crippen LogP contribution < -0.4 is 0 Å². The van der Waals surface area contributed by atoms with Crippen molar-refractivity contribution in [2.24, 2.45) is 7.05 Å². The molecule has 0 unspecified atom stereocenters. The first-order valence-corrected chi connectivity index (χ1v) is 14.4. The van der Waals surface area contributed by atoms with Gasteiger partial charge in [-0.1, -0.05) is 72.8 Å². The van der Waals surface area contributed by atoms with Crippen LogP contribution in [0.4, 0.5) is 0 Å². The molecule has 4 aromatic heterocycles. The van der Waals surface area contributed by atoms with E-state index in [9.17, 15) is 0 Å². The minimum Gasteiger partial charge on any atom is -0.313 e. The third-order valence-electron chi connectivity index (χ3n) is 8.56. The van der Waals surface area contributed by atoms with Crippen molar-refractivity contribution >= 4 is 43.6 Å². The summed E-state index contributed by atoms with van der Waals surface area (Å²) in [6.45, 7) is 0. The largest absolute Gasteiger partial charge is 0.313 e. The van der Waals surface area contributed by atoms with Gasteiger partial charge in [0.05, 0.1) is 34.0 Å². The molecule has 5 aromatic carbocycles. The molecule has 0 atom stereocenters.